The Kier molecular flexibility index (Phi) is 5.70. The van der Waals surface area contributed by atoms with E-state index in [1.54, 1.807) is 18.2 Å². The molecule has 12 nitrogen and oxygen atoms in total. The highest BCUT2D eigenvalue weighted by Gasteiger charge is 2.42. The summed E-state index contributed by atoms with van der Waals surface area (Å²) in [5, 5.41) is 8.16. The second-order valence-corrected chi connectivity index (χ2v) is 10.5. The Morgan fingerprint density at radius 1 is 1.21 bits per heavy atom. The minimum absolute atomic E-state index is 0.00301. The van der Waals surface area contributed by atoms with Gasteiger partial charge in [-0.05, 0) is 24.3 Å². The van der Waals surface area contributed by atoms with Crippen molar-refractivity contribution >= 4 is 44.5 Å². The molecule has 182 valence electrons. The molecule has 1 aromatic carbocycles. The zero-order chi connectivity index (χ0) is 24.0. The number of ether oxygens (including phenoxy) is 1. The second-order valence-electron chi connectivity index (χ2n) is 8.12. The van der Waals surface area contributed by atoms with Gasteiger partial charge in [0.25, 0.3) is 10.0 Å². The fourth-order valence-corrected chi connectivity index (χ4v) is 5.95. The summed E-state index contributed by atoms with van der Waals surface area (Å²) in [5.74, 6) is 0.0311. The molecular formula is C20H24ClN7O5S. The van der Waals surface area contributed by atoms with E-state index >= 15 is 0 Å². The summed E-state index contributed by atoms with van der Waals surface area (Å²) in [6.07, 6.45) is 0.581. The van der Waals surface area contributed by atoms with E-state index in [1.807, 2.05) is 0 Å². The quantitative estimate of drug-likeness (QED) is 0.467. The van der Waals surface area contributed by atoms with Crippen LogP contribution in [0.25, 0.3) is 10.9 Å². The van der Waals surface area contributed by atoms with Crippen molar-refractivity contribution in [2.24, 2.45) is 0 Å². The molecule has 3 aliphatic rings. The number of piperazine rings is 1. The van der Waals surface area contributed by atoms with Crippen LogP contribution in [0.1, 0.15) is 6.42 Å². The van der Waals surface area contributed by atoms with E-state index in [4.69, 9.17) is 16.3 Å². The number of likely N-dealkylation sites (N-methyl/N-ethyl adjacent to an activating group) is 1. The lowest BCUT2D eigenvalue weighted by atomic mass is 10.2. The largest absolute Gasteiger partial charge is 0.456 e. The molecule has 0 aliphatic carbocycles. The van der Waals surface area contributed by atoms with Gasteiger partial charge in [-0.2, -0.15) is 4.31 Å². The first-order chi connectivity index (χ1) is 16.3. The van der Waals surface area contributed by atoms with Crippen molar-refractivity contribution in [1.29, 1.82) is 0 Å². The van der Waals surface area contributed by atoms with Crippen LogP contribution in [0.4, 0.5) is 4.79 Å². The van der Waals surface area contributed by atoms with E-state index in [1.165, 1.54) is 27.3 Å². The predicted molar refractivity (Wildman–Crippen MR) is 123 cm³/mol. The number of benzene rings is 1. The maximum atomic E-state index is 13.4. The zero-order valence-corrected chi connectivity index (χ0v) is 19.9. The molecule has 34 heavy (non-hydrogen) atoms. The Bertz CT molecular complexity index is 1290. The number of halogens is 1. The third-order valence-corrected chi connectivity index (χ3v) is 8.17. The van der Waals surface area contributed by atoms with Gasteiger partial charge < -0.3 is 25.3 Å². The van der Waals surface area contributed by atoms with Crippen LogP contribution in [-0.4, -0.2) is 85.6 Å². The molecular weight excluding hydrogens is 486 g/mol. The van der Waals surface area contributed by atoms with Gasteiger partial charge in [0.05, 0.1) is 5.70 Å². The van der Waals surface area contributed by atoms with Crippen molar-refractivity contribution < 1.29 is 22.7 Å². The first-order valence-corrected chi connectivity index (χ1v) is 12.5. The van der Waals surface area contributed by atoms with E-state index < -0.39 is 28.0 Å². The summed E-state index contributed by atoms with van der Waals surface area (Å²) >= 11 is 6.02. The predicted octanol–water partition coefficient (Wildman–Crippen LogP) is 0.319. The van der Waals surface area contributed by atoms with Gasteiger partial charge in [-0.3, -0.25) is 10.2 Å². The normalized spacial score (nSPS) is 21.1. The fraction of sp³-hybridized carbons (Fsp3) is 0.400. The van der Waals surface area contributed by atoms with E-state index in [-0.39, 0.29) is 24.7 Å². The van der Waals surface area contributed by atoms with Crippen LogP contribution in [0.2, 0.25) is 5.02 Å². The number of rotatable bonds is 3. The molecule has 3 aliphatic heterocycles. The molecule has 14 heteroatoms. The van der Waals surface area contributed by atoms with Crippen LogP contribution in [0.15, 0.2) is 40.9 Å². The Balaban J connectivity index is 1.37. The second kappa shape index (κ2) is 8.56. The maximum Gasteiger partial charge on any atom is 0.339 e. The van der Waals surface area contributed by atoms with Crippen molar-refractivity contribution in [3.8, 4) is 0 Å². The third kappa shape index (κ3) is 3.89. The summed E-state index contributed by atoms with van der Waals surface area (Å²) in [6, 6.07) is 5.14. The molecule has 1 saturated heterocycles. The molecule has 1 fully saturated rings. The van der Waals surface area contributed by atoms with Gasteiger partial charge in [-0.1, -0.05) is 11.6 Å². The fourth-order valence-electron chi connectivity index (χ4n) is 4.32. The summed E-state index contributed by atoms with van der Waals surface area (Å²) in [6.45, 7) is 0.619. The molecule has 1 aromatic heterocycles. The molecule has 0 saturated carbocycles. The van der Waals surface area contributed by atoms with Gasteiger partial charge in [-0.15, -0.1) is 0 Å². The highest BCUT2D eigenvalue weighted by Crippen LogP contribution is 2.26. The minimum Gasteiger partial charge on any atom is -0.456 e. The van der Waals surface area contributed by atoms with Crippen LogP contribution >= 0.6 is 11.6 Å². The highest BCUT2D eigenvalue weighted by molar-refractivity contribution is 7.89. The summed E-state index contributed by atoms with van der Waals surface area (Å²) in [7, 11) is -2.49. The first-order valence-electron chi connectivity index (χ1n) is 10.7. The van der Waals surface area contributed by atoms with Crippen molar-refractivity contribution in [2.75, 3.05) is 40.0 Å². The molecule has 2 aromatic rings. The maximum absolute atomic E-state index is 13.4. The van der Waals surface area contributed by atoms with E-state index in [9.17, 15) is 18.0 Å². The summed E-state index contributed by atoms with van der Waals surface area (Å²) < 4.78 is 33.4. The number of hydrogen-bond donors (Lipinski definition) is 4. The van der Waals surface area contributed by atoms with Crippen LogP contribution < -0.4 is 16.1 Å². The van der Waals surface area contributed by atoms with Crippen molar-refractivity contribution in [2.45, 2.75) is 17.5 Å². The van der Waals surface area contributed by atoms with Crippen LogP contribution in [-0.2, 0) is 19.6 Å². The number of nitrogens with one attached hydrogen (secondary N) is 4. The Morgan fingerprint density at radius 3 is 2.82 bits per heavy atom. The SMILES string of the molecule is CNC(=O)C1CN(S(=O)(=O)c2cc3cc(Cl)ccc3[nH]2)CCN1C(=O)N1CCC2=C(N1)OCN2. The molecule has 1 unspecified atom stereocenters. The van der Waals surface area contributed by atoms with Gasteiger partial charge in [0, 0.05) is 55.6 Å². The average Bonchev–Trinajstić information content (AvgIpc) is 3.49. The lowest BCUT2D eigenvalue weighted by Gasteiger charge is -2.42. The number of hydrazine groups is 1. The van der Waals surface area contributed by atoms with Gasteiger partial charge in [0.1, 0.15) is 11.1 Å². The molecule has 4 heterocycles. The van der Waals surface area contributed by atoms with Crippen LogP contribution in [0.5, 0.6) is 0 Å². The third-order valence-electron chi connectivity index (χ3n) is 6.14. The number of carbonyl (C=O) groups excluding carboxylic acids is 2. The smallest absolute Gasteiger partial charge is 0.339 e. The molecule has 0 bridgehead atoms. The number of aromatic nitrogens is 1. The standard InChI is InChI=1S/C20H24ClN7O5S/c1-22-18(29)16-10-26(34(31,32)17-9-12-8-13(21)2-3-14(12)24-17)6-7-27(16)20(30)28-5-4-15-19(25-28)33-11-23-15/h2-3,8-9,16,23-25H,4-7,10-11H2,1H3,(H,22,29). The summed E-state index contributed by atoms with van der Waals surface area (Å²) in [4.78, 5) is 30.3. The van der Waals surface area contributed by atoms with Crippen molar-refractivity contribution in [3.05, 3.63) is 40.9 Å². The highest BCUT2D eigenvalue weighted by atomic mass is 35.5. The average molecular weight is 510 g/mol. The lowest BCUT2D eigenvalue weighted by molar-refractivity contribution is -0.126. The Hall–Kier alpha value is -3.16. The Labute approximate surface area is 200 Å². The van der Waals surface area contributed by atoms with Crippen LogP contribution in [0.3, 0.4) is 0 Å². The number of sulfonamides is 1. The van der Waals surface area contributed by atoms with E-state index in [2.05, 4.69) is 21.0 Å². The summed E-state index contributed by atoms with van der Waals surface area (Å²) in [5.41, 5.74) is 4.46. The number of amides is 3. The van der Waals surface area contributed by atoms with Gasteiger partial charge in [0.2, 0.25) is 11.8 Å². The van der Waals surface area contributed by atoms with E-state index in [0.29, 0.717) is 41.5 Å². The lowest BCUT2D eigenvalue weighted by Crippen LogP contribution is -2.64. The number of urea groups is 1. The minimum atomic E-state index is -3.95. The van der Waals surface area contributed by atoms with Gasteiger partial charge in [0.15, 0.2) is 6.73 Å². The Morgan fingerprint density at radius 2 is 2.03 bits per heavy atom. The number of H-pyrrole nitrogens is 1. The molecule has 3 amide bonds. The number of carbonyl (C=O) groups is 2. The number of nitrogens with zero attached hydrogens (tertiary/aromatic N) is 3. The molecule has 4 N–H and O–H groups in total. The van der Waals surface area contributed by atoms with E-state index in [0.717, 1.165) is 5.70 Å². The van der Waals surface area contributed by atoms with Crippen molar-refractivity contribution in [1.82, 2.24) is 35.3 Å². The van der Waals surface area contributed by atoms with Crippen molar-refractivity contribution in [3.63, 3.8) is 0 Å². The number of aromatic amines is 1. The van der Waals surface area contributed by atoms with Crippen LogP contribution in [0, 0.1) is 0 Å². The zero-order valence-electron chi connectivity index (χ0n) is 18.3. The monoisotopic (exact) mass is 509 g/mol. The molecule has 1 atom stereocenters. The number of fused-ring (bicyclic) bond motifs is 1. The van der Waals surface area contributed by atoms with Gasteiger partial charge >= 0.3 is 6.03 Å². The topological polar surface area (TPSA) is 139 Å². The molecule has 0 radical (unpaired) electrons. The van der Waals surface area contributed by atoms with Gasteiger partial charge in [-0.25, -0.2) is 18.2 Å². The first kappa shape index (κ1) is 22.6. The molecule has 5 rings (SSSR count). The molecule has 0 spiro atoms. The number of hydrogen-bond acceptors (Lipinski definition) is 7.